The van der Waals surface area contributed by atoms with E-state index in [2.05, 4.69) is 30.6 Å². The fourth-order valence-electron chi connectivity index (χ4n) is 7.87. The van der Waals surface area contributed by atoms with Crippen molar-refractivity contribution in [3.8, 4) is 0 Å². The van der Waals surface area contributed by atoms with Crippen molar-refractivity contribution in [3.05, 3.63) is 40.4 Å². The number of carbonyl (C=O) groups excluding carboxylic acids is 2. The van der Waals surface area contributed by atoms with E-state index < -0.39 is 0 Å². The molecule has 5 rings (SSSR count). The maximum absolute atomic E-state index is 12.8. The second kappa shape index (κ2) is 8.20. The molecule has 2 N–H and O–H groups in total. The van der Waals surface area contributed by atoms with Gasteiger partial charge in [0.2, 0.25) is 5.91 Å². The Hall–Kier alpha value is -1.72. The van der Waals surface area contributed by atoms with E-state index in [1.54, 1.807) is 24.3 Å². The van der Waals surface area contributed by atoms with E-state index in [4.69, 9.17) is 23.2 Å². The summed E-state index contributed by atoms with van der Waals surface area (Å²) in [5, 5.41) is 7.10. The van der Waals surface area contributed by atoms with Crippen molar-refractivity contribution >= 4 is 40.8 Å². The number of nitrogens with one attached hydrogen (secondary N) is 2. The zero-order valence-corrected chi connectivity index (χ0v) is 21.0. The Morgan fingerprint density at radius 3 is 2.61 bits per heavy atom. The summed E-state index contributed by atoms with van der Waals surface area (Å²) in [6.45, 7) is 4.75. The van der Waals surface area contributed by atoms with Gasteiger partial charge in [0, 0.05) is 30.2 Å². The van der Waals surface area contributed by atoms with Gasteiger partial charge in [-0.1, -0.05) is 43.1 Å². The molecule has 4 aliphatic rings. The van der Waals surface area contributed by atoms with Crippen molar-refractivity contribution in [2.24, 2.45) is 28.6 Å². The van der Waals surface area contributed by atoms with Crippen LogP contribution in [0.4, 0.5) is 10.5 Å². The topological polar surface area (TPSA) is 61.4 Å². The molecular weight excluding hydrogens is 457 g/mol. The van der Waals surface area contributed by atoms with E-state index in [-0.39, 0.29) is 28.8 Å². The lowest BCUT2D eigenvalue weighted by Crippen LogP contribution is -2.60. The lowest BCUT2D eigenvalue weighted by molar-refractivity contribution is -0.138. The molecule has 1 aliphatic heterocycles. The van der Waals surface area contributed by atoms with Gasteiger partial charge in [-0.05, 0) is 86.0 Å². The maximum atomic E-state index is 12.8. The summed E-state index contributed by atoms with van der Waals surface area (Å²) in [5.41, 5.74) is 0.780. The van der Waals surface area contributed by atoms with Crippen LogP contribution in [-0.2, 0) is 4.79 Å². The third-order valence-corrected chi connectivity index (χ3v) is 10.3. The van der Waals surface area contributed by atoms with Crippen LogP contribution in [-0.4, -0.2) is 36.0 Å². The third-order valence-electron chi connectivity index (χ3n) is 9.61. The number of amides is 3. The van der Waals surface area contributed by atoms with E-state index in [0.29, 0.717) is 39.5 Å². The first-order chi connectivity index (χ1) is 15.6. The van der Waals surface area contributed by atoms with Crippen molar-refractivity contribution in [3.63, 3.8) is 0 Å². The first kappa shape index (κ1) is 23.0. The number of fused-ring (bicyclic) bond motifs is 5. The highest BCUT2D eigenvalue weighted by atomic mass is 35.5. The van der Waals surface area contributed by atoms with Gasteiger partial charge >= 0.3 is 6.03 Å². The van der Waals surface area contributed by atoms with Crippen molar-refractivity contribution in [2.75, 3.05) is 12.4 Å². The van der Waals surface area contributed by atoms with Crippen LogP contribution in [0, 0.1) is 28.6 Å². The van der Waals surface area contributed by atoms with Crippen LogP contribution < -0.4 is 10.6 Å². The van der Waals surface area contributed by atoms with Crippen LogP contribution in [0.1, 0.15) is 52.4 Å². The molecule has 0 radical (unpaired) electrons. The molecule has 3 saturated carbocycles. The lowest BCUT2D eigenvalue weighted by Gasteiger charge is -2.60. The fraction of sp³-hybridized carbons (Fsp3) is 0.615. The Morgan fingerprint density at radius 1 is 1.06 bits per heavy atom. The second-order valence-electron chi connectivity index (χ2n) is 11.0. The van der Waals surface area contributed by atoms with Gasteiger partial charge in [0.25, 0.3) is 0 Å². The quantitative estimate of drug-likeness (QED) is 0.525. The van der Waals surface area contributed by atoms with Gasteiger partial charge in [0.05, 0.1) is 10.0 Å². The molecule has 33 heavy (non-hydrogen) atoms. The van der Waals surface area contributed by atoms with Gasteiger partial charge in [-0.25, -0.2) is 4.79 Å². The van der Waals surface area contributed by atoms with E-state index >= 15 is 0 Å². The molecule has 3 amide bonds. The minimum absolute atomic E-state index is 0.0453. The lowest BCUT2D eigenvalue weighted by atomic mass is 9.48. The predicted molar refractivity (Wildman–Crippen MR) is 132 cm³/mol. The van der Waals surface area contributed by atoms with Crippen LogP contribution in [0.5, 0.6) is 0 Å². The number of hydrogen-bond acceptors (Lipinski definition) is 2. The Morgan fingerprint density at radius 2 is 1.85 bits per heavy atom. The van der Waals surface area contributed by atoms with Gasteiger partial charge in [-0.3, -0.25) is 4.79 Å². The van der Waals surface area contributed by atoms with Crippen LogP contribution in [0.15, 0.2) is 30.4 Å². The fourth-order valence-corrected chi connectivity index (χ4v) is 8.17. The monoisotopic (exact) mass is 489 g/mol. The standard InChI is InChI=1S/C26H33Cl2N3O2/c1-25-12-10-18-16(5-9-22-26(18,2)13-11-23(32)31(22)3)17(25)6-8-21(25)30-24(33)29-15-4-7-19(27)20(28)14-15/h4,7,11,13-14,16-18,21-22H,5-6,8-10,12H2,1-3H3,(H2,29,30,33)/t16-,17-,18-,21-,22+,25-,26+/m0/s1. The highest BCUT2D eigenvalue weighted by molar-refractivity contribution is 6.42. The number of likely N-dealkylation sites (N-methyl/N-ethyl adjacent to an activating group) is 1. The molecule has 3 aliphatic carbocycles. The van der Waals surface area contributed by atoms with E-state index in [1.807, 2.05) is 11.9 Å². The molecule has 5 nitrogen and oxygen atoms in total. The Bertz CT molecular complexity index is 1010. The normalized spacial score (nSPS) is 39.5. The Kier molecular flexibility index (Phi) is 5.72. The van der Waals surface area contributed by atoms with Gasteiger partial charge < -0.3 is 15.5 Å². The molecule has 1 aromatic rings. The molecule has 0 saturated heterocycles. The molecule has 0 spiro atoms. The third kappa shape index (κ3) is 3.67. The number of rotatable bonds is 2. The van der Waals surface area contributed by atoms with Crippen molar-refractivity contribution in [1.82, 2.24) is 10.2 Å². The van der Waals surface area contributed by atoms with Gasteiger partial charge in [-0.2, -0.15) is 0 Å². The molecule has 1 aromatic carbocycles. The van der Waals surface area contributed by atoms with Gasteiger partial charge in [0.1, 0.15) is 0 Å². The summed E-state index contributed by atoms with van der Waals surface area (Å²) in [6.07, 6.45) is 10.6. The van der Waals surface area contributed by atoms with E-state index in [9.17, 15) is 9.59 Å². The minimum atomic E-state index is -0.187. The number of halogens is 2. The summed E-state index contributed by atoms with van der Waals surface area (Å²) in [5.74, 6) is 1.96. The number of nitrogens with zero attached hydrogens (tertiary/aromatic N) is 1. The first-order valence-electron chi connectivity index (χ1n) is 12.1. The number of anilines is 1. The summed E-state index contributed by atoms with van der Waals surface area (Å²) < 4.78 is 0. The molecule has 0 bridgehead atoms. The maximum Gasteiger partial charge on any atom is 0.319 e. The zero-order valence-electron chi connectivity index (χ0n) is 19.5. The summed E-state index contributed by atoms with van der Waals surface area (Å²) in [6, 6.07) is 5.39. The summed E-state index contributed by atoms with van der Waals surface area (Å²) >= 11 is 12.1. The Balaban J connectivity index is 1.30. The summed E-state index contributed by atoms with van der Waals surface area (Å²) in [7, 11) is 1.96. The smallest absolute Gasteiger partial charge is 0.319 e. The van der Waals surface area contributed by atoms with Crippen LogP contribution in [0.25, 0.3) is 0 Å². The molecule has 7 heteroatoms. The molecule has 0 unspecified atom stereocenters. The molecule has 1 heterocycles. The highest BCUT2D eigenvalue weighted by Gasteiger charge is 2.60. The van der Waals surface area contributed by atoms with Gasteiger partial charge in [-0.15, -0.1) is 0 Å². The van der Waals surface area contributed by atoms with E-state index in [1.165, 1.54) is 6.42 Å². The van der Waals surface area contributed by atoms with Crippen molar-refractivity contribution < 1.29 is 9.59 Å². The van der Waals surface area contributed by atoms with Crippen molar-refractivity contribution in [2.45, 2.75) is 64.5 Å². The minimum Gasteiger partial charge on any atom is -0.338 e. The SMILES string of the molecule is CN1C(=O)C=C[C@]2(C)[C@H]3CC[C@]4(C)[C@@H](NC(=O)Nc5ccc(Cl)c(Cl)c5)CC[C@H]4[C@@H]3CC[C@@H]12. The predicted octanol–water partition coefficient (Wildman–Crippen LogP) is 6.12. The number of hydrogen-bond donors (Lipinski definition) is 2. The average molecular weight is 490 g/mol. The first-order valence-corrected chi connectivity index (χ1v) is 12.9. The largest absolute Gasteiger partial charge is 0.338 e. The molecule has 7 atom stereocenters. The summed E-state index contributed by atoms with van der Waals surface area (Å²) in [4.78, 5) is 27.1. The average Bonchev–Trinajstić information content (AvgIpc) is 3.10. The molecular formula is C26H33Cl2N3O2. The molecule has 0 aromatic heterocycles. The highest BCUT2D eigenvalue weighted by Crippen LogP contribution is 2.63. The van der Waals surface area contributed by atoms with Crippen LogP contribution in [0.3, 0.4) is 0 Å². The molecule has 178 valence electrons. The molecule has 3 fully saturated rings. The van der Waals surface area contributed by atoms with Gasteiger partial charge in [0.15, 0.2) is 0 Å². The number of carbonyl (C=O) groups is 2. The second-order valence-corrected chi connectivity index (χ2v) is 11.8. The van der Waals surface area contributed by atoms with Crippen molar-refractivity contribution in [1.29, 1.82) is 0 Å². The zero-order chi connectivity index (χ0) is 23.5. The van der Waals surface area contributed by atoms with Crippen LogP contribution >= 0.6 is 23.2 Å². The van der Waals surface area contributed by atoms with E-state index in [0.717, 1.165) is 32.1 Å². The van der Waals surface area contributed by atoms with Crippen LogP contribution in [0.2, 0.25) is 10.0 Å². The number of urea groups is 1. The number of benzene rings is 1. The Labute approximate surface area is 206 Å².